The van der Waals surface area contributed by atoms with Gasteiger partial charge in [0.25, 0.3) is 0 Å². The van der Waals surface area contributed by atoms with Crippen molar-refractivity contribution in [3.63, 3.8) is 0 Å². The van der Waals surface area contributed by atoms with Gasteiger partial charge in [-0.3, -0.25) is 4.79 Å². The summed E-state index contributed by atoms with van der Waals surface area (Å²) in [6, 6.07) is 2.20. The van der Waals surface area contributed by atoms with Crippen LogP contribution in [0.15, 0.2) is 12.1 Å². The minimum Gasteiger partial charge on any atom is -0.496 e. The lowest BCUT2D eigenvalue weighted by molar-refractivity contribution is -0.147. The Balaban J connectivity index is 2.64. The molecule has 17 heavy (non-hydrogen) atoms. The van der Waals surface area contributed by atoms with E-state index in [-0.39, 0.29) is 11.3 Å². The Labute approximate surface area is 97.0 Å². The molecule has 1 aliphatic carbocycles. The Kier molecular flexibility index (Phi) is 2.77. The Morgan fingerprint density at radius 2 is 2.06 bits per heavy atom. The van der Waals surface area contributed by atoms with E-state index in [2.05, 4.69) is 0 Å². The number of benzene rings is 1. The summed E-state index contributed by atoms with van der Waals surface area (Å²) in [4.78, 5) is 11.3. The van der Waals surface area contributed by atoms with E-state index in [1.165, 1.54) is 13.2 Å². The Hall–Kier alpha value is -1.65. The predicted octanol–water partition coefficient (Wildman–Crippen LogP) is 2.48. The molecule has 92 valence electrons. The van der Waals surface area contributed by atoms with Gasteiger partial charge in [0.2, 0.25) is 0 Å². The zero-order valence-corrected chi connectivity index (χ0v) is 9.30. The van der Waals surface area contributed by atoms with Crippen molar-refractivity contribution < 1.29 is 23.4 Å². The second-order valence-electron chi connectivity index (χ2n) is 4.18. The van der Waals surface area contributed by atoms with Crippen LogP contribution >= 0.6 is 0 Å². The van der Waals surface area contributed by atoms with Crippen LogP contribution in [-0.2, 0) is 10.2 Å². The van der Waals surface area contributed by atoms with Crippen molar-refractivity contribution in [1.29, 1.82) is 0 Å². The first-order valence-electron chi connectivity index (χ1n) is 5.29. The van der Waals surface area contributed by atoms with Crippen molar-refractivity contribution in [2.45, 2.75) is 24.7 Å². The van der Waals surface area contributed by atoms with Crippen LogP contribution in [-0.4, -0.2) is 18.2 Å². The second kappa shape index (κ2) is 3.98. The molecule has 1 aromatic carbocycles. The summed E-state index contributed by atoms with van der Waals surface area (Å²) in [5.74, 6) is -3.21. The van der Waals surface area contributed by atoms with Gasteiger partial charge < -0.3 is 9.84 Å². The summed E-state index contributed by atoms with van der Waals surface area (Å²) >= 11 is 0. The molecule has 1 N–H and O–H groups in total. The van der Waals surface area contributed by atoms with Crippen LogP contribution < -0.4 is 4.74 Å². The van der Waals surface area contributed by atoms with Gasteiger partial charge in [-0.05, 0) is 25.0 Å². The number of rotatable bonds is 3. The van der Waals surface area contributed by atoms with Gasteiger partial charge in [0.15, 0.2) is 11.6 Å². The molecule has 1 saturated carbocycles. The number of hydrogen-bond donors (Lipinski definition) is 1. The molecule has 0 heterocycles. The van der Waals surface area contributed by atoms with Crippen LogP contribution in [0, 0.1) is 11.6 Å². The molecule has 0 amide bonds. The SMILES string of the molecule is COc1ccc(F)c(F)c1C1(C(=O)O)CCC1. The predicted molar refractivity (Wildman–Crippen MR) is 56.1 cm³/mol. The topological polar surface area (TPSA) is 46.5 Å². The van der Waals surface area contributed by atoms with E-state index in [0.29, 0.717) is 19.3 Å². The van der Waals surface area contributed by atoms with Gasteiger partial charge in [-0.15, -0.1) is 0 Å². The normalized spacial score (nSPS) is 17.4. The summed E-state index contributed by atoms with van der Waals surface area (Å²) in [5.41, 5.74) is -1.50. The minimum absolute atomic E-state index is 0.0889. The van der Waals surface area contributed by atoms with Crippen molar-refractivity contribution in [3.05, 3.63) is 29.3 Å². The zero-order chi connectivity index (χ0) is 12.6. The highest BCUT2D eigenvalue weighted by molar-refractivity contribution is 5.83. The molecule has 2 rings (SSSR count). The van der Waals surface area contributed by atoms with Crippen LogP contribution in [0.25, 0.3) is 0 Å². The van der Waals surface area contributed by atoms with E-state index in [1.807, 2.05) is 0 Å². The molecule has 0 aliphatic heterocycles. The number of carboxylic acid groups (broad SMARTS) is 1. The maximum absolute atomic E-state index is 13.8. The third-order valence-corrected chi connectivity index (χ3v) is 3.37. The molecule has 0 saturated heterocycles. The molecule has 0 atom stereocenters. The average Bonchev–Trinajstić information content (AvgIpc) is 2.22. The molecule has 0 bridgehead atoms. The summed E-state index contributed by atoms with van der Waals surface area (Å²) in [7, 11) is 1.31. The molecule has 1 aliphatic rings. The van der Waals surface area contributed by atoms with Gasteiger partial charge in [-0.2, -0.15) is 0 Å². The lowest BCUT2D eigenvalue weighted by Gasteiger charge is -2.38. The third kappa shape index (κ3) is 1.57. The molecule has 0 radical (unpaired) electrons. The smallest absolute Gasteiger partial charge is 0.314 e. The third-order valence-electron chi connectivity index (χ3n) is 3.37. The van der Waals surface area contributed by atoms with E-state index in [4.69, 9.17) is 4.74 Å². The monoisotopic (exact) mass is 242 g/mol. The van der Waals surface area contributed by atoms with Gasteiger partial charge in [0.05, 0.1) is 18.1 Å². The average molecular weight is 242 g/mol. The molecule has 0 spiro atoms. The van der Waals surface area contributed by atoms with Crippen molar-refractivity contribution >= 4 is 5.97 Å². The first kappa shape index (κ1) is 11.8. The highest BCUT2D eigenvalue weighted by Gasteiger charge is 2.50. The Morgan fingerprint density at radius 1 is 1.41 bits per heavy atom. The largest absolute Gasteiger partial charge is 0.496 e. The highest BCUT2D eigenvalue weighted by atomic mass is 19.2. The van der Waals surface area contributed by atoms with Gasteiger partial charge in [0.1, 0.15) is 5.75 Å². The summed E-state index contributed by atoms with van der Waals surface area (Å²) in [5, 5.41) is 9.23. The van der Waals surface area contributed by atoms with Crippen LogP contribution in [0.1, 0.15) is 24.8 Å². The van der Waals surface area contributed by atoms with E-state index in [1.54, 1.807) is 0 Å². The summed E-state index contributed by atoms with van der Waals surface area (Å²) in [6.07, 6.45) is 1.30. The highest BCUT2D eigenvalue weighted by Crippen LogP contribution is 2.48. The van der Waals surface area contributed by atoms with E-state index < -0.39 is 23.0 Å². The fourth-order valence-electron chi connectivity index (χ4n) is 2.25. The maximum atomic E-state index is 13.8. The molecule has 0 aromatic heterocycles. The standard InChI is InChI=1S/C12H12F2O3/c1-17-8-4-3-7(13)10(14)9(8)12(11(15)16)5-2-6-12/h3-4H,2,5-6H2,1H3,(H,15,16). The van der Waals surface area contributed by atoms with Crippen LogP contribution in [0.3, 0.4) is 0 Å². The van der Waals surface area contributed by atoms with Crippen LogP contribution in [0.2, 0.25) is 0 Å². The second-order valence-corrected chi connectivity index (χ2v) is 4.18. The lowest BCUT2D eigenvalue weighted by Crippen LogP contribution is -2.43. The number of carbonyl (C=O) groups is 1. The molecule has 3 nitrogen and oxygen atoms in total. The van der Waals surface area contributed by atoms with Crippen LogP contribution in [0.4, 0.5) is 8.78 Å². The van der Waals surface area contributed by atoms with E-state index in [9.17, 15) is 18.7 Å². The lowest BCUT2D eigenvalue weighted by atomic mass is 9.64. The quantitative estimate of drug-likeness (QED) is 0.885. The van der Waals surface area contributed by atoms with Gasteiger partial charge in [-0.25, -0.2) is 8.78 Å². The number of ether oxygens (including phenoxy) is 1. The molecule has 0 unspecified atom stereocenters. The number of hydrogen-bond acceptors (Lipinski definition) is 2. The van der Waals surface area contributed by atoms with Crippen molar-refractivity contribution in [3.8, 4) is 5.75 Å². The number of carboxylic acids is 1. The van der Waals surface area contributed by atoms with Crippen molar-refractivity contribution in [1.82, 2.24) is 0 Å². The Morgan fingerprint density at radius 3 is 2.47 bits per heavy atom. The number of methoxy groups -OCH3 is 1. The van der Waals surface area contributed by atoms with Crippen molar-refractivity contribution in [2.24, 2.45) is 0 Å². The van der Waals surface area contributed by atoms with E-state index in [0.717, 1.165) is 6.07 Å². The van der Waals surface area contributed by atoms with Crippen molar-refractivity contribution in [2.75, 3.05) is 7.11 Å². The van der Waals surface area contributed by atoms with Gasteiger partial charge in [-0.1, -0.05) is 6.42 Å². The zero-order valence-electron chi connectivity index (χ0n) is 9.30. The molecular weight excluding hydrogens is 230 g/mol. The minimum atomic E-state index is -1.34. The fraction of sp³-hybridized carbons (Fsp3) is 0.417. The van der Waals surface area contributed by atoms with Gasteiger partial charge >= 0.3 is 5.97 Å². The molecule has 1 aromatic rings. The van der Waals surface area contributed by atoms with E-state index >= 15 is 0 Å². The Bertz CT molecular complexity index is 467. The van der Waals surface area contributed by atoms with Crippen LogP contribution in [0.5, 0.6) is 5.75 Å². The molecule has 1 fully saturated rings. The first-order valence-corrected chi connectivity index (χ1v) is 5.29. The fourth-order valence-corrected chi connectivity index (χ4v) is 2.25. The molecular formula is C12H12F2O3. The summed E-state index contributed by atoms with van der Waals surface area (Å²) < 4.78 is 32.0. The number of halogens is 2. The molecule has 5 heteroatoms. The van der Waals surface area contributed by atoms with Gasteiger partial charge in [0, 0.05) is 0 Å². The number of aliphatic carboxylic acids is 1. The summed E-state index contributed by atoms with van der Waals surface area (Å²) in [6.45, 7) is 0. The maximum Gasteiger partial charge on any atom is 0.314 e. The first-order chi connectivity index (χ1) is 8.03.